The van der Waals surface area contributed by atoms with Gasteiger partial charge >= 0.3 is 5.97 Å². The molecule has 0 unspecified atom stereocenters. The van der Waals surface area contributed by atoms with Gasteiger partial charge < -0.3 is 58.4 Å². The van der Waals surface area contributed by atoms with Crippen molar-refractivity contribution in [3.63, 3.8) is 0 Å². The van der Waals surface area contributed by atoms with Crippen molar-refractivity contribution in [1.29, 1.82) is 0 Å². The number of fused-ring (bicyclic) bond motifs is 3. The molecule has 326 valence electrons. The molecule has 1 aromatic carbocycles. The van der Waals surface area contributed by atoms with Crippen molar-refractivity contribution < 1.29 is 48.5 Å². The van der Waals surface area contributed by atoms with Gasteiger partial charge in [-0.1, -0.05) is 32.9 Å². The van der Waals surface area contributed by atoms with Crippen LogP contribution < -0.4 is 4.74 Å². The number of rotatable bonds is 8. The van der Waals surface area contributed by atoms with Crippen LogP contribution in [-0.4, -0.2) is 162 Å². The van der Waals surface area contributed by atoms with Crippen LogP contribution in [0, 0.1) is 17.8 Å². The summed E-state index contributed by atoms with van der Waals surface area (Å²) >= 11 is 0. The average molecular weight is 806 g/mol. The molecule has 0 radical (unpaired) electrons. The van der Waals surface area contributed by atoms with Gasteiger partial charge in [-0.05, 0) is 105 Å². The molecule has 0 aromatic heterocycles. The Labute approximate surface area is 342 Å². The van der Waals surface area contributed by atoms with E-state index in [-0.39, 0.29) is 18.1 Å². The van der Waals surface area contributed by atoms with E-state index in [4.69, 9.17) is 28.4 Å². The summed E-state index contributed by atoms with van der Waals surface area (Å²) in [6.07, 6.45) is -1.99. The number of benzene rings is 1. The van der Waals surface area contributed by atoms with Gasteiger partial charge in [0.1, 0.15) is 29.7 Å². The van der Waals surface area contributed by atoms with Gasteiger partial charge in [0.25, 0.3) is 0 Å². The maximum atomic E-state index is 14.4. The lowest BCUT2D eigenvalue weighted by atomic mass is 9.78. The van der Waals surface area contributed by atoms with Crippen molar-refractivity contribution in [1.82, 2.24) is 14.7 Å². The van der Waals surface area contributed by atoms with Crippen LogP contribution in [-0.2, 0) is 34.9 Å². The fraction of sp³-hybridized carbons (Fsp3) is 0.841. The molecule has 0 aliphatic carbocycles. The lowest BCUT2D eigenvalue weighted by Crippen LogP contribution is -2.60. The topological polar surface area (TPSA) is 143 Å². The maximum absolute atomic E-state index is 14.4. The zero-order chi connectivity index (χ0) is 42.0. The minimum atomic E-state index is -1.71. The van der Waals surface area contributed by atoms with E-state index < -0.39 is 77.6 Å². The predicted octanol–water partition coefficient (Wildman–Crippen LogP) is 4.08. The van der Waals surface area contributed by atoms with Crippen LogP contribution in [0.4, 0.5) is 0 Å². The number of piperidine rings is 1. The molecule has 1 spiro atoms. The largest absolute Gasteiger partial charge is 0.497 e. The van der Waals surface area contributed by atoms with Gasteiger partial charge in [-0.25, -0.2) is 0 Å². The number of likely N-dealkylation sites (N-methyl/N-ethyl adjacent to an activating group) is 2. The van der Waals surface area contributed by atoms with Crippen LogP contribution in [0.25, 0.3) is 0 Å². The van der Waals surface area contributed by atoms with E-state index in [0.717, 1.165) is 31.8 Å². The summed E-state index contributed by atoms with van der Waals surface area (Å²) in [5.74, 6) is -1.91. The number of hydrogen-bond donors (Lipinski definition) is 3. The minimum absolute atomic E-state index is 0.0316. The Kier molecular flexibility index (Phi) is 15.2. The van der Waals surface area contributed by atoms with Crippen LogP contribution in [0.2, 0.25) is 0 Å². The van der Waals surface area contributed by atoms with Gasteiger partial charge in [0.2, 0.25) is 0 Å². The first-order valence-electron chi connectivity index (χ1n) is 21.4. The highest BCUT2D eigenvalue weighted by molar-refractivity contribution is 5.73. The summed E-state index contributed by atoms with van der Waals surface area (Å²) in [5, 5.41) is 35.1. The summed E-state index contributed by atoms with van der Waals surface area (Å²) in [4.78, 5) is 20.9. The summed E-state index contributed by atoms with van der Waals surface area (Å²) in [5.41, 5.74) is -1.43. The second-order valence-electron chi connectivity index (χ2n) is 18.6. The van der Waals surface area contributed by atoms with Gasteiger partial charge in [-0.2, -0.15) is 0 Å². The summed E-state index contributed by atoms with van der Waals surface area (Å²) in [7, 11) is 7.53. The number of hydrogen-bond acceptors (Lipinski definition) is 13. The smallest absolute Gasteiger partial charge is 0.311 e. The molecule has 4 heterocycles. The van der Waals surface area contributed by atoms with Gasteiger partial charge in [0.15, 0.2) is 12.1 Å². The Morgan fingerprint density at radius 1 is 1.02 bits per heavy atom. The second kappa shape index (κ2) is 18.8. The minimum Gasteiger partial charge on any atom is -0.497 e. The SMILES string of the molecule is CC[C@H]1OC(=O)[C@H](C)[C@H]2OC3(CCN(CCc4ccc(OC)cc4)CC3)O[C@](C)(C[C@@H](C)CN(C)[C@H](C)[C@@H](O)[C@]1(C)O)[C@H](O[C@@H]1O[C@H](C)C[C@H](N(C)C)[C@H]1O)[C@H]2C. The van der Waals surface area contributed by atoms with Crippen molar-refractivity contribution in [2.75, 3.05) is 54.4 Å². The van der Waals surface area contributed by atoms with Crippen LogP contribution in [0.1, 0.15) is 93.1 Å². The molecule has 4 fully saturated rings. The molecule has 57 heavy (non-hydrogen) atoms. The Morgan fingerprint density at radius 3 is 2.26 bits per heavy atom. The average Bonchev–Trinajstić information content (AvgIpc) is 3.24. The van der Waals surface area contributed by atoms with E-state index in [9.17, 15) is 20.1 Å². The van der Waals surface area contributed by atoms with Crippen LogP contribution in [0.15, 0.2) is 24.3 Å². The highest BCUT2D eigenvalue weighted by Gasteiger charge is 2.58. The van der Waals surface area contributed by atoms with Crippen molar-refractivity contribution >= 4 is 5.97 Å². The molecule has 1 aromatic rings. The van der Waals surface area contributed by atoms with E-state index in [1.807, 2.05) is 77.7 Å². The third kappa shape index (κ3) is 10.3. The lowest BCUT2D eigenvalue weighted by Gasteiger charge is -2.49. The number of esters is 1. The monoisotopic (exact) mass is 806 g/mol. The van der Waals surface area contributed by atoms with Crippen molar-refractivity contribution in [2.24, 2.45) is 17.8 Å². The first-order chi connectivity index (χ1) is 26.7. The summed E-state index contributed by atoms with van der Waals surface area (Å²) in [6.45, 7) is 18.3. The number of carbonyl (C=O) groups excluding carboxylic acids is 1. The van der Waals surface area contributed by atoms with Gasteiger partial charge in [0, 0.05) is 57.0 Å². The molecule has 5 rings (SSSR count). The molecule has 13 heteroatoms. The van der Waals surface area contributed by atoms with Gasteiger partial charge in [-0.3, -0.25) is 4.79 Å². The van der Waals surface area contributed by atoms with E-state index in [2.05, 4.69) is 30.9 Å². The normalized spacial score (nSPS) is 41.6. The molecule has 4 aliphatic heterocycles. The number of cyclic esters (lactones) is 1. The molecule has 13 nitrogen and oxygen atoms in total. The quantitative estimate of drug-likeness (QED) is 0.326. The van der Waals surface area contributed by atoms with Crippen molar-refractivity contribution in [3.05, 3.63) is 29.8 Å². The Hall–Kier alpha value is -1.91. The number of aliphatic hydroxyl groups excluding tert-OH is 2. The molecule has 0 amide bonds. The van der Waals surface area contributed by atoms with E-state index in [1.54, 1.807) is 14.0 Å². The molecule has 3 N–H and O–H groups in total. The summed E-state index contributed by atoms with van der Waals surface area (Å²) < 4.78 is 39.7. The first kappa shape index (κ1) is 46.2. The van der Waals surface area contributed by atoms with Crippen LogP contribution in [0.5, 0.6) is 5.75 Å². The molecule has 4 aliphatic rings. The van der Waals surface area contributed by atoms with Crippen molar-refractivity contribution in [2.45, 2.75) is 166 Å². The van der Waals surface area contributed by atoms with Crippen LogP contribution >= 0.6 is 0 Å². The Morgan fingerprint density at radius 2 is 1.67 bits per heavy atom. The van der Waals surface area contributed by atoms with E-state index in [0.29, 0.717) is 38.6 Å². The number of nitrogens with zero attached hydrogens (tertiary/aromatic N) is 3. The third-order valence-corrected chi connectivity index (χ3v) is 13.7. The molecule has 0 saturated carbocycles. The molecule has 14 atom stereocenters. The fourth-order valence-electron chi connectivity index (χ4n) is 10.1. The molecule has 4 saturated heterocycles. The molecular weight excluding hydrogens is 730 g/mol. The van der Waals surface area contributed by atoms with Crippen LogP contribution in [0.3, 0.4) is 0 Å². The number of carbonyl (C=O) groups is 1. The zero-order valence-electron chi connectivity index (χ0n) is 36.8. The fourth-order valence-corrected chi connectivity index (χ4v) is 10.1. The third-order valence-electron chi connectivity index (χ3n) is 13.7. The highest BCUT2D eigenvalue weighted by atomic mass is 16.7. The lowest BCUT2D eigenvalue weighted by molar-refractivity contribution is -0.332. The number of likely N-dealkylation sites (tertiary alicyclic amines) is 1. The van der Waals surface area contributed by atoms with E-state index >= 15 is 0 Å². The Balaban J connectivity index is 1.53. The first-order valence-corrected chi connectivity index (χ1v) is 21.4. The summed E-state index contributed by atoms with van der Waals surface area (Å²) in [6, 6.07) is 7.57. The number of methoxy groups -OCH3 is 1. The second-order valence-corrected chi connectivity index (χ2v) is 18.6. The van der Waals surface area contributed by atoms with Gasteiger partial charge in [-0.15, -0.1) is 0 Å². The predicted molar refractivity (Wildman–Crippen MR) is 218 cm³/mol. The highest BCUT2D eigenvalue weighted by Crippen LogP contribution is 2.48. The Bertz CT molecular complexity index is 1440. The number of aliphatic hydroxyl groups is 3. The van der Waals surface area contributed by atoms with E-state index in [1.165, 1.54) is 5.56 Å². The zero-order valence-corrected chi connectivity index (χ0v) is 36.8. The molecule has 2 bridgehead atoms. The maximum Gasteiger partial charge on any atom is 0.311 e. The van der Waals surface area contributed by atoms with Crippen molar-refractivity contribution in [3.8, 4) is 5.75 Å². The van der Waals surface area contributed by atoms with Gasteiger partial charge in [0.05, 0.1) is 36.9 Å². The number of ether oxygens (including phenoxy) is 6. The standard InChI is InChI=1S/C44H75N3O10/c1-13-35-43(8,51)38(49)31(6)46(11)26-27(2)25-42(7)39(55-41-36(48)34(45(9)10)24-28(3)53-41)29(4)37(30(5)40(50)54-35)56-44(57-42)19-22-47(23-20-44)21-18-32-14-16-33(52-12)17-15-32/h14-17,27-31,34-39,41,48-49,51H,13,18-26H2,1-12H3/t27-,28-,29+,30-,31-,34+,35-,36-,37+,38-,39-,41+,42-,43-/m1/s1. The molecular formula is C44H75N3O10.